The number of benzene rings is 2. The molecule has 24 heavy (non-hydrogen) atoms. The van der Waals surface area contributed by atoms with Crippen molar-refractivity contribution in [1.29, 1.82) is 0 Å². The molecule has 126 valence electrons. The van der Waals surface area contributed by atoms with Gasteiger partial charge in [0.25, 0.3) is 0 Å². The van der Waals surface area contributed by atoms with E-state index in [0.29, 0.717) is 18.7 Å². The van der Waals surface area contributed by atoms with E-state index < -0.39 is 6.10 Å². The third-order valence-electron chi connectivity index (χ3n) is 3.91. The Bertz CT molecular complexity index is 803. The molecule has 3 aromatic rings. The van der Waals surface area contributed by atoms with Crippen LogP contribution in [0.25, 0.3) is 10.9 Å². The van der Waals surface area contributed by atoms with Crippen LogP contribution in [0.3, 0.4) is 0 Å². The summed E-state index contributed by atoms with van der Waals surface area (Å²) in [4.78, 5) is 5.00. The molecule has 0 saturated heterocycles. The van der Waals surface area contributed by atoms with Crippen LogP contribution in [0.5, 0.6) is 5.75 Å². The Morgan fingerprint density at radius 1 is 1.17 bits per heavy atom. The minimum absolute atomic E-state index is 0.186. The lowest BCUT2D eigenvalue weighted by molar-refractivity contribution is 0.0747. The first-order valence-electron chi connectivity index (χ1n) is 7.92. The fourth-order valence-electron chi connectivity index (χ4n) is 2.76. The number of nitrogens with one attached hydrogen (secondary N) is 1. The first-order chi connectivity index (χ1) is 11.6. The van der Waals surface area contributed by atoms with Gasteiger partial charge in [-0.3, -0.25) is 4.90 Å². The summed E-state index contributed by atoms with van der Waals surface area (Å²) in [5, 5.41) is 11.2. The number of ether oxygens (including phenoxy) is 1. The average Bonchev–Trinajstić information content (AvgIpc) is 3.04. The summed E-state index contributed by atoms with van der Waals surface area (Å²) in [6.07, 6.45) is 1.20. The molecule has 1 aromatic heterocycles. The van der Waals surface area contributed by atoms with Crippen molar-refractivity contribution in [3.05, 3.63) is 66.1 Å². The number of aliphatic hydroxyl groups is 1. The van der Waals surface area contributed by atoms with Crippen molar-refractivity contribution in [3.63, 3.8) is 0 Å². The fraction of sp³-hybridized carbons (Fsp3) is 0.263. The average molecular weight is 328 g/mol. The minimum Gasteiger partial charge on any atom is -0.490 e. The highest BCUT2D eigenvalue weighted by Crippen LogP contribution is 2.24. The van der Waals surface area contributed by atoms with Gasteiger partial charge in [-0.2, -0.15) is 0 Å². The predicted molar refractivity (Wildman–Crippen MR) is 92.5 cm³/mol. The molecular weight excluding hydrogens is 307 g/mol. The van der Waals surface area contributed by atoms with Crippen molar-refractivity contribution < 1.29 is 14.2 Å². The smallest absolute Gasteiger partial charge is 0.128 e. The molecule has 0 aliphatic heterocycles. The van der Waals surface area contributed by atoms with Crippen LogP contribution < -0.4 is 4.74 Å². The maximum atomic E-state index is 13.7. The lowest BCUT2D eigenvalue weighted by Gasteiger charge is -2.21. The molecule has 0 bridgehead atoms. The number of halogens is 1. The summed E-state index contributed by atoms with van der Waals surface area (Å²) >= 11 is 0. The second-order valence-corrected chi connectivity index (χ2v) is 5.95. The van der Waals surface area contributed by atoms with Crippen LogP contribution in [0.1, 0.15) is 5.56 Å². The molecule has 0 amide bonds. The van der Waals surface area contributed by atoms with Gasteiger partial charge in [-0.25, -0.2) is 4.39 Å². The maximum Gasteiger partial charge on any atom is 0.128 e. The third kappa shape index (κ3) is 3.93. The van der Waals surface area contributed by atoms with E-state index in [9.17, 15) is 9.50 Å². The van der Waals surface area contributed by atoms with E-state index in [0.717, 1.165) is 16.7 Å². The van der Waals surface area contributed by atoms with Crippen LogP contribution in [0, 0.1) is 5.82 Å². The van der Waals surface area contributed by atoms with Gasteiger partial charge in [-0.05, 0) is 31.3 Å². The number of hydrogen-bond acceptors (Lipinski definition) is 3. The highest BCUT2D eigenvalue weighted by Gasteiger charge is 2.12. The highest BCUT2D eigenvalue weighted by molar-refractivity contribution is 5.85. The topological polar surface area (TPSA) is 48.5 Å². The standard InChI is InChI=1S/C19H21FN2O2/c1-22(11-14-5-2-3-6-17(14)20)12-15(23)13-24-19-8-4-7-18-16(19)9-10-21-18/h2-10,15,21,23H,11-13H2,1H3. The molecule has 4 nitrogen and oxygen atoms in total. The molecule has 0 radical (unpaired) electrons. The molecule has 0 aliphatic rings. The van der Waals surface area contributed by atoms with E-state index in [1.807, 2.05) is 48.5 Å². The Hall–Kier alpha value is -2.37. The Labute approximate surface area is 140 Å². The number of hydrogen-bond donors (Lipinski definition) is 2. The van der Waals surface area contributed by atoms with Crippen molar-refractivity contribution in [1.82, 2.24) is 9.88 Å². The number of fused-ring (bicyclic) bond motifs is 1. The van der Waals surface area contributed by atoms with Crippen molar-refractivity contribution in [2.24, 2.45) is 0 Å². The van der Waals surface area contributed by atoms with E-state index >= 15 is 0 Å². The predicted octanol–water partition coefficient (Wildman–Crippen LogP) is 3.18. The normalized spacial score (nSPS) is 12.7. The minimum atomic E-state index is -0.657. The van der Waals surface area contributed by atoms with Crippen molar-refractivity contribution in [2.75, 3.05) is 20.2 Å². The second kappa shape index (κ2) is 7.47. The molecule has 1 unspecified atom stereocenters. The molecule has 0 fully saturated rings. The molecular formula is C19H21FN2O2. The van der Waals surface area contributed by atoms with Gasteiger partial charge in [0, 0.05) is 35.8 Å². The van der Waals surface area contributed by atoms with Gasteiger partial charge in [-0.15, -0.1) is 0 Å². The van der Waals surface area contributed by atoms with Crippen LogP contribution in [0.15, 0.2) is 54.7 Å². The molecule has 0 aliphatic carbocycles. The van der Waals surface area contributed by atoms with Gasteiger partial charge >= 0.3 is 0 Å². The number of aromatic amines is 1. The summed E-state index contributed by atoms with van der Waals surface area (Å²) in [6, 6.07) is 14.4. The Morgan fingerprint density at radius 2 is 2.00 bits per heavy atom. The zero-order valence-corrected chi connectivity index (χ0v) is 13.6. The summed E-state index contributed by atoms with van der Waals surface area (Å²) in [7, 11) is 1.85. The highest BCUT2D eigenvalue weighted by atomic mass is 19.1. The van der Waals surface area contributed by atoms with Gasteiger partial charge in [0.05, 0.1) is 0 Å². The first-order valence-corrected chi connectivity index (χ1v) is 7.92. The molecule has 2 N–H and O–H groups in total. The Kier molecular flexibility index (Phi) is 5.13. The molecule has 0 saturated carbocycles. The van der Waals surface area contributed by atoms with E-state index in [1.54, 1.807) is 12.1 Å². The second-order valence-electron chi connectivity index (χ2n) is 5.95. The SMILES string of the molecule is CN(Cc1ccccc1F)CC(O)COc1cccc2[nH]ccc12. The van der Waals surface area contributed by atoms with Crippen molar-refractivity contribution in [2.45, 2.75) is 12.6 Å². The zero-order valence-electron chi connectivity index (χ0n) is 13.6. The van der Waals surface area contributed by atoms with Crippen LogP contribution in [0.4, 0.5) is 4.39 Å². The van der Waals surface area contributed by atoms with Crippen molar-refractivity contribution >= 4 is 10.9 Å². The van der Waals surface area contributed by atoms with Crippen LogP contribution in [-0.2, 0) is 6.54 Å². The number of likely N-dealkylation sites (N-methyl/N-ethyl adjacent to an activating group) is 1. The van der Waals surface area contributed by atoms with E-state index in [1.165, 1.54) is 6.07 Å². The van der Waals surface area contributed by atoms with E-state index in [4.69, 9.17) is 4.74 Å². The fourth-order valence-corrected chi connectivity index (χ4v) is 2.76. The summed E-state index contributed by atoms with van der Waals surface area (Å²) in [5.74, 6) is 0.513. The van der Waals surface area contributed by atoms with Crippen LogP contribution in [-0.4, -0.2) is 41.3 Å². The summed E-state index contributed by atoms with van der Waals surface area (Å²) in [6.45, 7) is 1.03. The molecule has 5 heteroatoms. The number of nitrogens with zero attached hydrogens (tertiary/aromatic N) is 1. The van der Waals surface area contributed by atoms with Gasteiger partial charge in [0.2, 0.25) is 0 Å². The number of aromatic nitrogens is 1. The lowest BCUT2D eigenvalue weighted by Crippen LogP contribution is -2.33. The van der Waals surface area contributed by atoms with Gasteiger partial charge in [0.1, 0.15) is 24.3 Å². The summed E-state index contributed by atoms with van der Waals surface area (Å²) < 4.78 is 19.4. The maximum absolute atomic E-state index is 13.7. The Morgan fingerprint density at radius 3 is 2.83 bits per heavy atom. The van der Waals surface area contributed by atoms with Gasteiger partial charge in [0.15, 0.2) is 0 Å². The number of H-pyrrole nitrogens is 1. The van der Waals surface area contributed by atoms with E-state index in [2.05, 4.69) is 4.98 Å². The first kappa shape index (κ1) is 16.5. The number of rotatable bonds is 7. The van der Waals surface area contributed by atoms with Crippen LogP contribution >= 0.6 is 0 Å². The quantitative estimate of drug-likeness (QED) is 0.700. The Balaban J connectivity index is 1.53. The zero-order chi connectivity index (χ0) is 16.9. The molecule has 3 rings (SSSR count). The third-order valence-corrected chi connectivity index (χ3v) is 3.91. The number of aliphatic hydroxyl groups excluding tert-OH is 1. The molecule has 2 aromatic carbocycles. The van der Waals surface area contributed by atoms with Crippen molar-refractivity contribution in [3.8, 4) is 5.75 Å². The van der Waals surface area contributed by atoms with Gasteiger partial charge < -0.3 is 14.8 Å². The molecule has 0 spiro atoms. The lowest BCUT2D eigenvalue weighted by atomic mass is 10.2. The largest absolute Gasteiger partial charge is 0.490 e. The van der Waals surface area contributed by atoms with E-state index in [-0.39, 0.29) is 12.4 Å². The summed E-state index contributed by atoms with van der Waals surface area (Å²) in [5.41, 5.74) is 1.61. The molecule has 1 heterocycles. The van der Waals surface area contributed by atoms with Crippen LogP contribution in [0.2, 0.25) is 0 Å². The molecule has 1 atom stereocenters. The monoisotopic (exact) mass is 328 g/mol. The van der Waals surface area contributed by atoms with Gasteiger partial charge in [-0.1, -0.05) is 24.3 Å².